The fourth-order valence-electron chi connectivity index (χ4n) is 1.06. The zero-order valence-corrected chi connectivity index (χ0v) is 7.08. The van der Waals surface area contributed by atoms with Crippen molar-refractivity contribution in [3.05, 3.63) is 24.3 Å². The molecule has 1 N–H and O–H groups in total. The number of allylic oxidation sites excluding steroid dienone is 2. The summed E-state index contributed by atoms with van der Waals surface area (Å²) in [6, 6.07) is 0. The van der Waals surface area contributed by atoms with Crippen LogP contribution in [0.4, 0.5) is 0 Å². The highest BCUT2D eigenvalue weighted by Crippen LogP contribution is 2.25. The Balaban J connectivity index is 2.89. The molecule has 60 valence electrons. The first kappa shape index (κ1) is 8.56. The van der Waals surface area contributed by atoms with E-state index in [-0.39, 0.29) is 5.12 Å². The molecule has 0 aromatic carbocycles. The third-order valence-corrected chi connectivity index (χ3v) is 2.02. The Bertz CT molecular complexity index is 228. The Kier molecular flexibility index (Phi) is 2.20. The van der Waals surface area contributed by atoms with Crippen LogP contribution >= 0.6 is 12.6 Å². The largest absolute Gasteiger partial charge is 0.385 e. The number of carbonyl (C=O) groups is 1. The lowest BCUT2D eigenvalue weighted by atomic mass is 9.86. The van der Waals surface area contributed by atoms with E-state index in [1.165, 1.54) is 0 Å². The van der Waals surface area contributed by atoms with Gasteiger partial charge >= 0.3 is 0 Å². The van der Waals surface area contributed by atoms with Crippen molar-refractivity contribution >= 4 is 17.7 Å². The van der Waals surface area contributed by atoms with E-state index in [1.54, 1.807) is 31.2 Å². The minimum Gasteiger partial charge on any atom is -0.385 e. The highest BCUT2D eigenvalue weighted by molar-refractivity contribution is 7.96. The van der Waals surface area contributed by atoms with Gasteiger partial charge in [-0.05, 0) is 6.92 Å². The van der Waals surface area contributed by atoms with E-state index in [1.807, 2.05) is 0 Å². The standard InChI is InChI=1S/C8H10O2S/c1-8(10)5-3-2-4-6(8)7(9)11/h2-6,10H,1H3,(H,9,11). The van der Waals surface area contributed by atoms with E-state index in [0.717, 1.165) is 0 Å². The summed E-state index contributed by atoms with van der Waals surface area (Å²) in [5.41, 5.74) is -1.08. The van der Waals surface area contributed by atoms with Crippen molar-refractivity contribution in [3.8, 4) is 0 Å². The Hall–Kier alpha value is -0.540. The van der Waals surface area contributed by atoms with Crippen molar-refractivity contribution in [1.29, 1.82) is 0 Å². The first-order valence-corrected chi connectivity index (χ1v) is 3.80. The van der Waals surface area contributed by atoms with E-state index >= 15 is 0 Å². The predicted octanol–water partition coefficient (Wildman–Crippen LogP) is 0.936. The highest BCUT2D eigenvalue weighted by Gasteiger charge is 2.32. The summed E-state index contributed by atoms with van der Waals surface area (Å²) in [7, 11) is 0. The van der Waals surface area contributed by atoms with Gasteiger partial charge in [0.2, 0.25) is 0 Å². The lowest BCUT2D eigenvalue weighted by Gasteiger charge is -2.26. The average molecular weight is 170 g/mol. The van der Waals surface area contributed by atoms with E-state index in [9.17, 15) is 9.90 Å². The second-order valence-corrected chi connectivity index (χ2v) is 3.23. The fourth-order valence-corrected chi connectivity index (χ4v) is 1.40. The number of thiol groups is 1. The molecule has 0 fully saturated rings. The quantitative estimate of drug-likeness (QED) is 0.575. The molecule has 1 aliphatic rings. The van der Waals surface area contributed by atoms with Crippen LogP contribution in [-0.2, 0) is 4.79 Å². The van der Waals surface area contributed by atoms with Crippen molar-refractivity contribution in [1.82, 2.24) is 0 Å². The van der Waals surface area contributed by atoms with Gasteiger partial charge < -0.3 is 5.11 Å². The normalized spacial score (nSPS) is 35.7. The zero-order chi connectivity index (χ0) is 8.48. The summed E-state index contributed by atoms with van der Waals surface area (Å²) in [5, 5.41) is 9.29. The van der Waals surface area contributed by atoms with Gasteiger partial charge in [-0.15, -0.1) is 12.6 Å². The molecule has 0 heterocycles. The lowest BCUT2D eigenvalue weighted by Crippen LogP contribution is -2.35. The van der Waals surface area contributed by atoms with Gasteiger partial charge in [-0.3, -0.25) is 4.79 Å². The molecule has 0 amide bonds. The van der Waals surface area contributed by atoms with Crippen molar-refractivity contribution in [2.75, 3.05) is 0 Å². The Morgan fingerprint density at radius 1 is 1.64 bits per heavy atom. The maximum Gasteiger partial charge on any atom is 0.195 e. The van der Waals surface area contributed by atoms with Crippen molar-refractivity contribution < 1.29 is 9.90 Å². The number of hydrogen-bond acceptors (Lipinski definition) is 2. The summed E-state index contributed by atoms with van der Waals surface area (Å²) in [5.74, 6) is -0.518. The van der Waals surface area contributed by atoms with E-state index in [4.69, 9.17) is 0 Å². The SMILES string of the molecule is CC1(O)C=CC=CC1C(=O)S. The average Bonchev–Trinajstić information content (AvgIpc) is 1.85. The molecule has 0 bridgehead atoms. The van der Waals surface area contributed by atoms with Gasteiger partial charge in [0, 0.05) is 0 Å². The van der Waals surface area contributed by atoms with E-state index in [2.05, 4.69) is 12.6 Å². The van der Waals surface area contributed by atoms with Crippen LogP contribution in [0.5, 0.6) is 0 Å². The molecule has 2 atom stereocenters. The molecule has 1 rings (SSSR count). The van der Waals surface area contributed by atoms with E-state index in [0.29, 0.717) is 0 Å². The molecule has 1 aliphatic carbocycles. The van der Waals surface area contributed by atoms with Crippen LogP contribution in [0.1, 0.15) is 6.92 Å². The lowest BCUT2D eigenvalue weighted by molar-refractivity contribution is -0.117. The summed E-state index contributed by atoms with van der Waals surface area (Å²) < 4.78 is 0. The third kappa shape index (κ3) is 1.73. The van der Waals surface area contributed by atoms with Crippen LogP contribution in [0, 0.1) is 5.92 Å². The Labute approximate surface area is 71.0 Å². The molecule has 0 spiro atoms. The minimum absolute atomic E-state index is 0.310. The molecule has 0 radical (unpaired) electrons. The third-order valence-electron chi connectivity index (χ3n) is 1.74. The van der Waals surface area contributed by atoms with Crippen LogP contribution in [0.25, 0.3) is 0 Å². The topological polar surface area (TPSA) is 37.3 Å². The summed E-state index contributed by atoms with van der Waals surface area (Å²) >= 11 is 3.67. The second-order valence-electron chi connectivity index (χ2n) is 2.79. The van der Waals surface area contributed by atoms with Gasteiger partial charge in [-0.25, -0.2) is 0 Å². The molecule has 3 heteroatoms. The number of hydrogen-bond donors (Lipinski definition) is 2. The van der Waals surface area contributed by atoms with Gasteiger partial charge in [-0.2, -0.15) is 0 Å². The smallest absolute Gasteiger partial charge is 0.195 e. The van der Waals surface area contributed by atoms with Crippen molar-refractivity contribution in [2.45, 2.75) is 12.5 Å². The molecular formula is C8H10O2S. The first-order valence-electron chi connectivity index (χ1n) is 3.35. The predicted molar refractivity (Wildman–Crippen MR) is 46.4 cm³/mol. The molecular weight excluding hydrogens is 160 g/mol. The number of aliphatic hydroxyl groups is 1. The highest BCUT2D eigenvalue weighted by atomic mass is 32.1. The van der Waals surface area contributed by atoms with Crippen LogP contribution in [-0.4, -0.2) is 15.8 Å². The maximum atomic E-state index is 10.8. The van der Waals surface area contributed by atoms with E-state index < -0.39 is 11.5 Å². The van der Waals surface area contributed by atoms with Crippen LogP contribution in [0.3, 0.4) is 0 Å². The molecule has 0 saturated heterocycles. The molecule has 0 aromatic rings. The molecule has 0 aliphatic heterocycles. The van der Waals surface area contributed by atoms with Crippen molar-refractivity contribution in [3.63, 3.8) is 0 Å². The van der Waals surface area contributed by atoms with Gasteiger partial charge in [-0.1, -0.05) is 24.3 Å². The summed E-state index contributed by atoms with van der Waals surface area (Å²) in [6.45, 7) is 1.59. The van der Waals surface area contributed by atoms with Gasteiger partial charge in [0.1, 0.15) is 0 Å². The van der Waals surface area contributed by atoms with Crippen LogP contribution in [0.2, 0.25) is 0 Å². The fraction of sp³-hybridized carbons (Fsp3) is 0.375. The van der Waals surface area contributed by atoms with Crippen LogP contribution < -0.4 is 0 Å². The number of rotatable bonds is 1. The molecule has 2 unspecified atom stereocenters. The minimum atomic E-state index is -1.08. The van der Waals surface area contributed by atoms with Gasteiger partial charge in [0.15, 0.2) is 5.12 Å². The summed E-state index contributed by atoms with van der Waals surface area (Å²) in [4.78, 5) is 10.8. The Morgan fingerprint density at radius 3 is 2.64 bits per heavy atom. The van der Waals surface area contributed by atoms with Gasteiger partial charge in [0.25, 0.3) is 0 Å². The number of carbonyl (C=O) groups excluding carboxylic acids is 1. The monoisotopic (exact) mass is 170 g/mol. The maximum absolute atomic E-state index is 10.8. The first-order chi connectivity index (χ1) is 5.04. The molecule has 11 heavy (non-hydrogen) atoms. The summed E-state index contributed by atoms with van der Waals surface area (Å²) in [6.07, 6.45) is 6.69. The molecule has 2 nitrogen and oxygen atoms in total. The van der Waals surface area contributed by atoms with Crippen LogP contribution in [0.15, 0.2) is 24.3 Å². The van der Waals surface area contributed by atoms with Crippen molar-refractivity contribution in [2.24, 2.45) is 5.92 Å². The zero-order valence-electron chi connectivity index (χ0n) is 6.19. The molecule has 0 saturated carbocycles. The Morgan fingerprint density at radius 2 is 2.27 bits per heavy atom. The molecule has 0 aromatic heterocycles. The second kappa shape index (κ2) is 2.83. The van der Waals surface area contributed by atoms with Gasteiger partial charge in [0.05, 0.1) is 11.5 Å².